The van der Waals surface area contributed by atoms with Crippen molar-refractivity contribution in [3.8, 4) is 0 Å². The van der Waals surface area contributed by atoms with E-state index in [0.717, 1.165) is 18.8 Å². The molecule has 1 aromatic rings. The molecule has 6 heteroatoms. The Bertz CT molecular complexity index is 472. The highest BCUT2D eigenvalue weighted by molar-refractivity contribution is 5.68. The van der Waals surface area contributed by atoms with Gasteiger partial charge in [-0.1, -0.05) is 0 Å². The molecule has 2 rings (SSSR count). The number of aromatic nitrogens is 2. The van der Waals surface area contributed by atoms with Gasteiger partial charge in [-0.3, -0.25) is 14.9 Å². The van der Waals surface area contributed by atoms with Gasteiger partial charge in [-0.2, -0.15) is 0 Å². The minimum Gasteiger partial charge on any atom is -0.444 e. The molecule has 6 nitrogen and oxygen atoms in total. The van der Waals surface area contributed by atoms with Crippen LogP contribution in [-0.4, -0.2) is 57.1 Å². The lowest BCUT2D eigenvalue weighted by molar-refractivity contribution is 0.00443. The van der Waals surface area contributed by atoms with Crippen LogP contribution in [0.2, 0.25) is 0 Å². The van der Waals surface area contributed by atoms with E-state index in [0.29, 0.717) is 13.1 Å². The van der Waals surface area contributed by atoms with E-state index in [1.807, 2.05) is 20.8 Å². The van der Waals surface area contributed by atoms with Gasteiger partial charge < -0.3 is 9.64 Å². The molecule has 0 aliphatic carbocycles. The van der Waals surface area contributed by atoms with Gasteiger partial charge in [0.2, 0.25) is 0 Å². The summed E-state index contributed by atoms with van der Waals surface area (Å²) in [6, 6.07) is 0.272. The van der Waals surface area contributed by atoms with Crippen LogP contribution in [0, 0.1) is 0 Å². The number of carbonyl (C=O) groups is 1. The summed E-state index contributed by atoms with van der Waals surface area (Å²) in [7, 11) is 0. The number of rotatable bonds is 2. The predicted molar refractivity (Wildman–Crippen MR) is 79.7 cm³/mol. The number of hydrogen-bond donors (Lipinski definition) is 0. The summed E-state index contributed by atoms with van der Waals surface area (Å²) >= 11 is 0. The Morgan fingerprint density at radius 3 is 2.71 bits per heavy atom. The molecule has 116 valence electrons. The molecule has 1 amide bonds. The van der Waals surface area contributed by atoms with E-state index in [9.17, 15) is 4.79 Å². The first-order valence-corrected chi connectivity index (χ1v) is 7.32. The molecule has 0 unspecified atom stereocenters. The van der Waals surface area contributed by atoms with Crippen molar-refractivity contribution in [1.29, 1.82) is 0 Å². The number of piperazine rings is 1. The largest absolute Gasteiger partial charge is 0.444 e. The second-order valence-electron chi connectivity index (χ2n) is 6.44. The van der Waals surface area contributed by atoms with Crippen LogP contribution in [0.5, 0.6) is 0 Å². The molecule has 0 radical (unpaired) electrons. The number of ether oxygens (including phenoxy) is 1. The fourth-order valence-electron chi connectivity index (χ4n) is 2.34. The summed E-state index contributed by atoms with van der Waals surface area (Å²) in [4.78, 5) is 24.6. The van der Waals surface area contributed by atoms with Gasteiger partial charge in [0.1, 0.15) is 5.60 Å². The monoisotopic (exact) mass is 292 g/mol. The van der Waals surface area contributed by atoms with Gasteiger partial charge in [-0.25, -0.2) is 4.79 Å². The van der Waals surface area contributed by atoms with E-state index in [1.54, 1.807) is 23.5 Å². The minimum absolute atomic E-state index is 0.228. The van der Waals surface area contributed by atoms with E-state index in [2.05, 4.69) is 21.8 Å². The Morgan fingerprint density at radius 1 is 1.38 bits per heavy atom. The third-order valence-corrected chi connectivity index (χ3v) is 3.40. The molecule has 21 heavy (non-hydrogen) atoms. The second kappa shape index (κ2) is 6.39. The van der Waals surface area contributed by atoms with Crippen molar-refractivity contribution in [3.63, 3.8) is 0 Å². The van der Waals surface area contributed by atoms with Crippen molar-refractivity contribution in [2.45, 2.75) is 45.9 Å². The Hall–Kier alpha value is -1.69. The highest BCUT2D eigenvalue weighted by Crippen LogP contribution is 2.16. The lowest BCUT2D eigenvalue weighted by Gasteiger charge is -2.39. The third-order valence-electron chi connectivity index (χ3n) is 3.40. The van der Waals surface area contributed by atoms with Crippen LogP contribution < -0.4 is 0 Å². The zero-order chi connectivity index (χ0) is 15.5. The quantitative estimate of drug-likeness (QED) is 0.833. The highest BCUT2D eigenvalue weighted by Gasteiger charge is 2.29. The minimum atomic E-state index is -0.447. The van der Waals surface area contributed by atoms with Crippen LogP contribution in [-0.2, 0) is 11.3 Å². The van der Waals surface area contributed by atoms with Crippen molar-refractivity contribution in [3.05, 3.63) is 24.3 Å². The summed E-state index contributed by atoms with van der Waals surface area (Å²) in [5, 5.41) is 0. The van der Waals surface area contributed by atoms with E-state index in [1.165, 1.54) is 0 Å². The fourth-order valence-corrected chi connectivity index (χ4v) is 2.34. The maximum Gasteiger partial charge on any atom is 0.410 e. The molecule has 1 aliphatic rings. The van der Waals surface area contributed by atoms with Gasteiger partial charge in [-0.15, -0.1) is 0 Å². The molecule has 0 aromatic carbocycles. The van der Waals surface area contributed by atoms with Gasteiger partial charge in [0.25, 0.3) is 0 Å². The molecule has 0 bridgehead atoms. The Morgan fingerprint density at radius 2 is 2.14 bits per heavy atom. The summed E-state index contributed by atoms with van der Waals surface area (Å²) < 4.78 is 5.43. The topological polar surface area (TPSA) is 58.6 Å². The maximum absolute atomic E-state index is 12.1. The van der Waals surface area contributed by atoms with Gasteiger partial charge in [0, 0.05) is 50.8 Å². The van der Waals surface area contributed by atoms with E-state index in [-0.39, 0.29) is 12.1 Å². The number of carbonyl (C=O) groups excluding carboxylic acids is 1. The number of hydrogen-bond acceptors (Lipinski definition) is 5. The van der Waals surface area contributed by atoms with Gasteiger partial charge in [-0.05, 0) is 27.7 Å². The summed E-state index contributed by atoms with van der Waals surface area (Å²) in [6.07, 6.45) is 4.94. The molecule has 0 spiro atoms. The van der Waals surface area contributed by atoms with Crippen LogP contribution in [0.15, 0.2) is 18.6 Å². The average Bonchev–Trinajstić information content (AvgIpc) is 2.40. The van der Waals surface area contributed by atoms with Crippen LogP contribution in [0.25, 0.3) is 0 Å². The molecule has 1 aliphatic heterocycles. The van der Waals surface area contributed by atoms with Gasteiger partial charge in [0.15, 0.2) is 0 Å². The van der Waals surface area contributed by atoms with Gasteiger partial charge >= 0.3 is 6.09 Å². The van der Waals surface area contributed by atoms with E-state index < -0.39 is 5.60 Å². The summed E-state index contributed by atoms with van der Waals surface area (Å²) in [5.74, 6) is 0. The second-order valence-corrected chi connectivity index (χ2v) is 6.44. The van der Waals surface area contributed by atoms with Crippen molar-refractivity contribution in [1.82, 2.24) is 19.8 Å². The van der Waals surface area contributed by atoms with Crippen molar-refractivity contribution in [2.24, 2.45) is 0 Å². The van der Waals surface area contributed by atoms with Gasteiger partial charge in [0.05, 0.1) is 5.69 Å². The van der Waals surface area contributed by atoms with Crippen LogP contribution in [0.1, 0.15) is 33.4 Å². The molecular weight excluding hydrogens is 268 g/mol. The van der Waals surface area contributed by atoms with Crippen molar-refractivity contribution in [2.75, 3.05) is 19.6 Å². The molecule has 1 atom stereocenters. The van der Waals surface area contributed by atoms with E-state index in [4.69, 9.17) is 4.74 Å². The Labute approximate surface area is 126 Å². The summed E-state index contributed by atoms with van der Waals surface area (Å²) in [5.41, 5.74) is 0.506. The third kappa shape index (κ3) is 4.67. The molecule has 1 fully saturated rings. The molecule has 2 heterocycles. The van der Waals surface area contributed by atoms with E-state index >= 15 is 0 Å². The molecular formula is C15H24N4O2. The molecule has 0 saturated carbocycles. The van der Waals surface area contributed by atoms with Crippen molar-refractivity contribution < 1.29 is 9.53 Å². The zero-order valence-corrected chi connectivity index (χ0v) is 13.2. The van der Waals surface area contributed by atoms with Crippen molar-refractivity contribution >= 4 is 6.09 Å². The maximum atomic E-state index is 12.1. The first kappa shape index (κ1) is 15.7. The first-order chi connectivity index (χ1) is 9.85. The lowest BCUT2D eigenvalue weighted by Crippen LogP contribution is -2.54. The lowest BCUT2D eigenvalue weighted by atomic mass is 10.2. The highest BCUT2D eigenvalue weighted by atomic mass is 16.6. The SMILES string of the molecule is C[C@H]1CN(C(=O)OC(C)(C)C)CCN1Cc1cnccn1. The Kier molecular flexibility index (Phi) is 4.77. The number of nitrogens with zero attached hydrogens (tertiary/aromatic N) is 4. The smallest absolute Gasteiger partial charge is 0.410 e. The normalized spacial score (nSPS) is 20.4. The molecule has 1 saturated heterocycles. The van der Waals surface area contributed by atoms with Crippen LogP contribution in [0.3, 0.4) is 0 Å². The van der Waals surface area contributed by atoms with Crippen LogP contribution >= 0.6 is 0 Å². The Balaban J connectivity index is 1.89. The molecule has 0 N–H and O–H groups in total. The zero-order valence-electron chi connectivity index (χ0n) is 13.2. The average molecular weight is 292 g/mol. The summed E-state index contributed by atoms with van der Waals surface area (Å²) in [6.45, 7) is 10.7. The standard InChI is InChI=1S/C15H24N4O2/c1-12-10-19(14(20)21-15(2,3)4)8-7-18(12)11-13-9-16-5-6-17-13/h5-6,9,12H,7-8,10-11H2,1-4H3/t12-/m0/s1. The number of amides is 1. The van der Waals surface area contributed by atoms with Crippen LogP contribution in [0.4, 0.5) is 4.79 Å². The fraction of sp³-hybridized carbons (Fsp3) is 0.667. The predicted octanol–water partition coefficient (Wildman–Crippen LogP) is 1.92. The molecule has 1 aromatic heterocycles. The first-order valence-electron chi connectivity index (χ1n) is 7.32.